The quantitative estimate of drug-likeness (QED) is 0.710. The predicted molar refractivity (Wildman–Crippen MR) is 87.9 cm³/mol. The summed E-state index contributed by atoms with van der Waals surface area (Å²) in [4.78, 5) is 20.1. The summed E-state index contributed by atoms with van der Waals surface area (Å²) in [5, 5.41) is 7.49. The number of anilines is 2. The van der Waals surface area contributed by atoms with E-state index in [1.54, 1.807) is 25.5 Å². The Balaban J connectivity index is 2.30. The van der Waals surface area contributed by atoms with Gasteiger partial charge in [0.05, 0.1) is 0 Å². The van der Waals surface area contributed by atoms with Crippen LogP contribution in [-0.4, -0.2) is 38.0 Å². The van der Waals surface area contributed by atoms with E-state index in [9.17, 15) is 4.79 Å². The average Bonchev–Trinajstić information content (AvgIpc) is 2.76. The summed E-state index contributed by atoms with van der Waals surface area (Å²) >= 11 is 0. The summed E-state index contributed by atoms with van der Waals surface area (Å²) in [5.74, 6) is 0.547. The van der Waals surface area contributed by atoms with E-state index in [2.05, 4.69) is 20.4 Å². The number of amides is 1. The molecule has 0 fully saturated rings. The number of carbonyl (C=O) groups excluding carboxylic acids is 1. The SMILES string of the molecule is CC(C)(C)OC(=O)Nc1nn(CCCCN)c2ncnc(N)c12. The number of nitrogens with one attached hydrogen (secondary N) is 1. The van der Waals surface area contributed by atoms with Gasteiger partial charge < -0.3 is 16.2 Å². The van der Waals surface area contributed by atoms with Crippen molar-refractivity contribution in [2.24, 2.45) is 5.73 Å². The molecular formula is C14H23N7O2. The van der Waals surface area contributed by atoms with Crippen molar-refractivity contribution in [1.82, 2.24) is 19.7 Å². The second-order valence-corrected chi connectivity index (χ2v) is 6.15. The number of ether oxygens (including phenoxy) is 1. The van der Waals surface area contributed by atoms with E-state index < -0.39 is 11.7 Å². The van der Waals surface area contributed by atoms with E-state index in [0.717, 1.165) is 12.8 Å². The maximum Gasteiger partial charge on any atom is 0.413 e. The smallest absolute Gasteiger partial charge is 0.413 e. The molecule has 0 aliphatic heterocycles. The standard InChI is InChI=1S/C14H23N7O2/c1-14(2,3)23-13(22)19-11-9-10(16)17-8-18-12(9)21(20-11)7-5-4-6-15/h8H,4-7,15H2,1-3H3,(H2,16,17,18)(H,19,20,22). The first-order valence-corrected chi connectivity index (χ1v) is 7.49. The third kappa shape index (κ3) is 4.28. The highest BCUT2D eigenvalue weighted by Gasteiger charge is 2.21. The lowest BCUT2D eigenvalue weighted by molar-refractivity contribution is 0.0635. The van der Waals surface area contributed by atoms with E-state index in [-0.39, 0.29) is 5.82 Å². The molecule has 2 heterocycles. The van der Waals surface area contributed by atoms with Crippen LogP contribution >= 0.6 is 0 Å². The molecule has 2 aromatic rings. The zero-order valence-corrected chi connectivity index (χ0v) is 13.7. The number of aromatic nitrogens is 4. The van der Waals surface area contributed by atoms with Crippen LogP contribution in [0, 0.1) is 0 Å². The molecule has 2 rings (SSSR count). The number of hydrogen-bond donors (Lipinski definition) is 3. The van der Waals surface area contributed by atoms with E-state index in [1.165, 1.54) is 6.33 Å². The summed E-state index contributed by atoms with van der Waals surface area (Å²) in [6.45, 7) is 6.59. The second-order valence-electron chi connectivity index (χ2n) is 6.15. The fourth-order valence-corrected chi connectivity index (χ4v) is 2.08. The summed E-state index contributed by atoms with van der Waals surface area (Å²) < 4.78 is 6.93. The molecule has 0 unspecified atom stereocenters. The number of nitrogens with two attached hydrogens (primary N) is 2. The molecule has 2 aromatic heterocycles. The first-order valence-electron chi connectivity index (χ1n) is 7.49. The fourth-order valence-electron chi connectivity index (χ4n) is 2.08. The largest absolute Gasteiger partial charge is 0.444 e. The number of rotatable bonds is 5. The van der Waals surface area contributed by atoms with Gasteiger partial charge in [-0.2, -0.15) is 5.10 Å². The third-order valence-corrected chi connectivity index (χ3v) is 3.00. The lowest BCUT2D eigenvalue weighted by Gasteiger charge is -2.19. The van der Waals surface area contributed by atoms with Crippen LogP contribution in [-0.2, 0) is 11.3 Å². The molecule has 0 aliphatic rings. The lowest BCUT2D eigenvalue weighted by Crippen LogP contribution is -2.27. The van der Waals surface area contributed by atoms with Gasteiger partial charge in [-0.05, 0) is 40.2 Å². The summed E-state index contributed by atoms with van der Waals surface area (Å²) in [7, 11) is 0. The number of carbonyl (C=O) groups is 1. The Kier molecular flexibility index (Phi) is 4.99. The van der Waals surface area contributed by atoms with E-state index in [0.29, 0.717) is 29.9 Å². The minimum Gasteiger partial charge on any atom is -0.444 e. The Hall–Kier alpha value is -2.42. The number of nitrogens with zero attached hydrogens (tertiary/aromatic N) is 4. The van der Waals surface area contributed by atoms with Crippen molar-refractivity contribution >= 4 is 28.8 Å². The lowest BCUT2D eigenvalue weighted by atomic mass is 10.2. The monoisotopic (exact) mass is 321 g/mol. The molecule has 5 N–H and O–H groups in total. The summed E-state index contributed by atoms with van der Waals surface area (Å²) in [6, 6.07) is 0. The van der Waals surface area contributed by atoms with Crippen molar-refractivity contribution in [2.75, 3.05) is 17.6 Å². The number of unbranched alkanes of at least 4 members (excludes halogenated alkanes) is 1. The maximum absolute atomic E-state index is 12.0. The molecule has 0 bridgehead atoms. The normalized spacial score (nSPS) is 11.7. The molecule has 0 atom stereocenters. The van der Waals surface area contributed by atoms with Gasteiger partial charge in [0, 0.05) is 6.54 Å². The topological polar surface area (TPSA) is 134 Å². The minimum absolute atomic E-state index is 0.256. The molecule has 1 amide bonds. The number of aryl methyl sites for hydroxylation is 1. The van der Waals surface area contributed by atoms with Gasteiger partial charge in [0.2, 0.25) is 0 Å². The van der Waals surface area contributed by atoms with Crippen LogP contribution in [0.4, 0.5) is 16.4 Å². The molecular weight excluding hydrogens is 298 g/mol. The first-order chi connectivity index (χ1) is 10.8. The van der Waals surface area contributed by atoms with E-state index in [1.807, 2.05) is 0 Å². The van der Waals surface area contributed by atoms with Crippen molar-refractivity contribution in [3.63, 3.8) is 0 Å². The van der Waals surface area contributed by atoms with Gasteiger partial charge in [-0.3, -0.25) is 5.32 Å². The second kappa shape index (κ2) is 6.78. The van der Waals surface area contributed by atoms with Gasteiger partial charge in [0.15, 0.2) is 11.5 Å². The van der Waals surface area contributed by atoms with Gasteiger partial charge in [0.1, 0.15) is 23.1 Å². The van der Waals surface area contributed by atoms with Gasteiger partial charge in [-0.15, -0.1) is 0 Å². The van der Waals surface area contributed by atoms with Crippen LogP contribution in [0.25, 0.3) is 11.0 Å². The van der Waals surface area contributed by atoms with Crippen molar-refractivity contribution in [3.05, 3.63) is 6.33 Å². The summed E-state index contributed by atoms with van der Waals surface area (Å²) in [5.41, 5.74) is 11.4. The van der Waals surface area contributed by atoms with Crippen LogP contribution < -0.4 is 16.8 Å². The molecule has 9 heteroatoms. The van der Waals surface area contributed by atoms with Crippen molar-refractivity contribution in [2.45, 2.75) is 45.8 Å². The van der Waals surface area contributed by atoms with Gasteiger partial charge in [-0.25, -0.2) is 19.4 Å². The number of hydrogen-bond acceptors (Lipinski definition) is 7. The Morgan fingerprint density at radius 1 is 1.35 bits per heavy atom. The van der Waals surface area contributed by atoms with Gasteiger partial charge in [0.25, 0.3) is 0 Å². The first kappa shape index (κ1) is 16.9. The van der Waals surface area contributed by atoms with Crippen LogP contribution in [0.3, 0.4) is 0 Å². The van der Waals surface area contributed by atoms with Crippen molar-refractivity contribution in [1.29, 1.82) is 0 Å². The highest BCUT2D eigenvalue weighted by atomic mass is 16.6. The van der Waals surface area contributed by atoms with Gasteiger partial charge >= 0.3 is 6.09 Å². The maximum atomic E-state index is 12.0. The highest BCUT2D eigenvalue weighted by Crippen LogP contribution is 2.26. The Morgan fingerprint density at radius 2 is 2.09 bits per heavy atom. The molecule has 0 saturated heterocycles. The Labute approximate surface area is 134 Å². The molecule has 0 saturated carbocycles. The van der Waals surface area contributed by atoms with E-state index >= 15 is 0 Å². The van der Waals surface area contributed by atoms with Crippen LogP contribution in [0.5, 0.6) is 0 Å². The predicted octanol–water partition coefficient (Wildman–Crippen LogP) is 1.49. The minimum atomic E-state index is -0.606. The average molecular weight is 321 g/mol. The zero-order chi connectivity index (χ0) is 17.0. The fraction of sp³-hybridized carbons (Fsp3) is 0.571. The zero-order valence-electron chi connectivity index (χ0n) is 13.7. The molecule has 0 aromatic carbocycles. The summed E-state index contributed by atoms with van der Waals surface area (Å²) in [6.07, 6.45) is 2.49. The van der Waals surface area contributed by atoms with Gasteiger partial charge in [-0.1, -0.05) is 0 Å². The molecule has 126 valence electrons. The molecule has 23 heavy (non-hydrogen) atoms. The Morgan fingerprint density at radius 3 is 2.74 bits per heavy atom. The molecule has 0 radical (unpaired) electrons. The molecule has 0 aliphatic carbocycles. The van der Waals surface area contributed by atoms with Crippen molar-refractivity contribution < 1.29 is 9.53 Å². The Bertz CT molecular complexity index is 690. The molecule has 9 nitrogen and oxygen atoms in total. The number of nitrogen functional groups attached to an aromatic ring is 1. The van der Waals surface area contributed by atoms with Crippen LogP contribution in [0.1, 0.15) is 33.6 Å². The van der Waals surface area contributed by atoms with E-state index in [4.69, 9.17) is 16.2 Å². The highest BCUT2D eigenvalue weighted by molar-refractivity contribution is 6.01. The number of fused-ring (bicyclic) bond motifs is 1. The van der Waals surface area contributed by atoms with Crippen LogP contribution in [0.2, 0.25) is 0 Å². The third-order valence-electron chi connectivity index (χ3n) is 3.00. The molecule has 0 spiro atoms. The van der Waals surface area contributed by atoms with Crippen molar-refractivity contribution in [3.8, 4) is 0 Å². The van der Waals surface area contributed by atoms with Crippen LogP contribution in [0.15, 0.2) is 6.33 Å².